The minimum Gasteiger partial charge on any atom is -0.488 e. The van der Waals surface area contributed by atoms with E-state index in [9.17, 15) is 18.4 Å². The van der Waals surface area contributed by atoms with Crippen molar-refractivity contribution >= 4 is 39.6 Å². The van der Waals surface area contributed by atoms with Gasteiger partial charge < -0.3 is 25.0 Å². The molecule has 0 aliphatic carbocycles. The number of hydrogen-bond acceptors (Lipinski definition) is 10. The van der Waals surface area contributed by atoms with Crippen LogP contribution in [0.25, 0.3) is 38.8 Å². The molecule has 8 bridgehead atoms. The number of nitrogens with zero attached hydrogens (tertiary/aromatic N) is 8. The first-order valence-corrected chi connectivity index (χ1v) is 18.4. The Hall–Kier alpha value is -6.00. The zero-order valence-corrected chi connectivity index (χ0v) is 29.8. The summed E-state index contributed by atoms with van der Waals surface area (Å²) in [6.07, 6.45) is 4.77. The van der Waals surface area contributed by atoms with Crippen molar-refractivity contribution in [3.63, 3.8) is 0 Å². The Kier molecular flexibility index (Phi) is 9.27. The number of fused-ring (bicyclic) bond motifs is 9. The van der Waals surface area contributed by atoms with E-state index in [0.717, 1.165) is 47.3 Å². The van der Waals surface area contributed by atoms with Gasteiger partial charge in [-0.3, -0.25) is 19.2 Å². The van der Waals surface area contributed by atoms with Crippen molar-refractivity contribution in [1.82, 2.24) is 45.1 Å². The van der Waals surface area contributed by atoms with Crippen LogP contribution in [-0.4, -0.2) is 110 Å². The summed E-state index contributed by atoms with van der Waals surface area (Å²) >= 11 is 0. The lowest BCUT2D eigenvalue weighted by molar-refractivity contribution is -0.138. The number of nitrogens with one attached hydrogen (secondary N) is 2. The number of aromatic nitrogens is 6. The van der Waals surface area contributed by atoms with Gasteiger partial charge in [-0.1, -0.05) is 24.3 Å². The Morgan fingerprint density at radius 2 is 1.75 bits per heavy atom. The van der Waals surface area contributed by atoms with Gasteiger partial charge in [0.25, 0.3) is 0 Å². The van der Waals surface area contributed by atoms with E-state index in [2.05, 4.69) is 42.9 Å². The van der Waals surface area contributed by atoms with Crippen molar-refractivity contribution in [3.8, 4) is 22.6 Å². The molecule has 0 saturated carbocycles. The third kappa shape index (κ3) is 6.94. The summed E-state index contributed by atoms with van der Waals surface area (Å²) in [7, 11) is 0. The van der Waals surface area contributed by atoms with Crippen LogP contribution in [0.4, 0.5) is 14.6 Å². The maximum absolute atomic E-state index is 14.9. The van der Waals surface area contributed by atoms with E-state index in [1.807, 2.05) is 46.0 Å². The second-order valence-electron chi connectivity index (χ2n) is 14.0. The van der Waals surface area contributed by atoms with Crippen molar-refractivity contribution < 1.29 is 27.8 Å². The molecule has 2 fully saturated rings. The van der Waals surface area contributed by atoms with Crippen molar-refractivity contribution in [2.75, 3.05) is 50.8 Å². The lowest BCUT2D eigenvalue weighted by Crippen LogP contribution is -2.50. The molecule has 3 aromatic heterocycles. The lowest BCUT2D eigenvalue weighted by atomic mass is 10.0. The zero-order valence-electron chi connectivity index (χ0n) is 29.8. The minimum absolute atomic E-state index is 0.0255. The zero-order chi connectivity index (χ0) is 37.5. The lowest BCUT2D eigenvalue weighted by Gasteiger charge is -2.32. The van der Waals surface area contributed by atoms with E-state index >= 15 is 0 Å². The van der Waals surface area contributed by atoms with Crippen LogP contribution < -0.4 is 20.3 Å². The SMILES string of the molecule is O=C1NCCCNC(=O)[C@@H]2C[C@@H](CN2c2ncnc3c2cnn3-c2ccc(F)cc2F)Oc2cccc(c2)-c2cccc3nn(cc23)CCN2CCOC1C2. The predicted molar refractivity (Wildman–Crippen MR) is 199 cm³/mol. The van der Waals surface area contributed by atoms with Gasteiger partial charge in [0.2, 0.25) is 11.8 Å². The van der Waals surface area contributed by atoms with Gasteiger partial charge in [0.1, 0.15) is 47.6 Å². The van der Waals surface area contributed by atoms with Crippen molar-refractivity contribution in [2.24, 2.45) is 0 Å². The molecule has 16 heteroatoms. The second-order valence-corrected chi connectivity index (χ2v) is 14.0. The quantitative estimate of drug-likeness (QED) is 0.270. The topological polar surface area (TPSA) is 145 Å². The van der Waals surface area contributed by atoms with Crippen LogP contribution in [0, 0.1) is 11.6 Å². The molecule has 55 heavy (non-hydrogen) atoms. The molecule has 3 aromatic carbocycles. The molecule has 6 heterocycles. The molecule has 4 atom stereocenters. The van der Waals surface area contributed by atoms with Crippen molar-refractivity contribution in [1.29, 1.82) is 0 Å². The molecule has 2 amide bonds. The smallest absolute Gasteiger partial charge is 0.250 e. The van der Waals surface area contributed by atoms with Crippen LogP contribution in [0.5, 0.6) is 5.75 Å². The Bertz CT molecular complexity index is 2400. The summed E-state index contributed by atoms with van der Waals surface area (Å²) in [6, 6.07) is 16.5. The highest BCUT2D eigenvalue weighted by atomic mass is 19.1. The number of morpholine rings is 1. The van der Waals surface area contributed by atoms with Crippen molar-refractivity contribution in [2.45, 2.75) is 37.6 Å². The van der Waals surface area contributed by atoms with E-state index in [1.54, 1.807) is 0 Å². The monoisotopic (exact) mass is 748 g/mol. The van der Waals surface area contributed by atoms with Crippen LogP contribution in [0.2, 0.25) is 0 Å². The van der Waals surface area contributed by atoms with E-state index in [1.165, 1.54) is 23.3 Å². The molecule has 2 N–H and O–H groups in total. The summed E-state index contributed by atoms with van der Waals surface area (Å²) in [6.45, 7) is 4.04. The van der Waals surface area contributed by atoms with E-state index in [4.69, 9.17) is 14.6 Å². The first-order valence-electron chi connectivity index (χ1n) is 18.4. The fraction of sp³-hybridized carbons (Fsp3) is 0.333. The highest BCUT2D eigenvalue weighted by Crippen LogP contribution is 2.35. The maximum Gasteiger partial charge on any atom is 0.250 e. The highest BCUT2D eigenvalue weighted by molar-refractivity contribution is 5.95. The van der Waals surface area contributed by atoms with Crippen LogP contribution in [0.15, 0.2) is 79.4 Å². The first-order chi connectivity index (χ1) is 26.9. The minimum atomic E-state index is -0.794. The second kappa shape index (κ2) is 14.7. The molecule has 2 unspecified atom stereocenters. The Balaban J connectivity index is 1.04. The van der Waals surface area contributed by atoms with Crippen LogP contribution in [-0.2, 0) is 20.9 Å². The number of rotatable bonds is 2. The van der Waals surface area contributed by atoms with Gasteiger partial charge >= 0.3 is 0 Å². The van der Waals surface area contributed by atoms with E-state index in [-0.39, 0.29) is 17.5 Å². The van der Waals surface area contributed by atoms with Crippen LogP contribution >= 0.6 is 0 Å². The van der Waals surface area contributed by atoms with Gasteiger partial charge in [-0.05, 0) is 47.9 Å². The molecule has 0 radical (unpaired) electrons. The standard InChI is InChI=1S/C39H38F2N10O4/c40-25-8-9-33(31(41)17-25)51-37-29(19-46-51)36(44-23-45-37)50-20-27-18-34(50)38(52)42-10-3-11-43-39(53)35-22-48(14-15-54-35)12-13-49-21-30-28(6-2-7-32(30)47-49)24-4-1-5-26(16-24)55-27/h1-2,4-9,16-17,19,21,23,27,34-35H,3,10-15,18,20,22H2,(H,42,52)(H,43,53)/t27-,34-,35?/m0/s1. The van der Waals surface area contributed by atoms with Gasteiger partial charge in [-0.2, -0.15) is 10.2 Å². The fourth-order valence-corrected chi connectivity index (χ4v) is 7.69. The Morgan fingerprint density at radius 3 is 2.64 bits per heavy atom. The maximum atomic E-state index is 14.9. The highest BCUT2D eigenvalue weighted by Gasteiger charge is 2.40. The number of ether oxygens (including phenoxy) is 2. The number of carbonyl (C=O) groups excluding carboxylic acids is 2. The first kappa shape index (κ1) is 34.7. The summed E-state index contributed by atoms with van der Waals surface area (Å²) in [5, 5.41) is 16.7. The fourth-order valence-electron chi connectivity index (χ4n) is 7.69. The molecule has 3 aliphatic rings. The Morgan fingerprint density at radius 1 is 0.873 bits per heavy atom. The molecule has 6 aromatic rings. The number of amides is 2. The predicted octanol–water partition coefficient (Wildman–Crippen LogP) is 3.47. The average molecular weight is 749 g/mol. The van der Waals surface area contributed by atoms with Gasteiger partial charge in [-0.25, -0.2) is 23.4 Å². The van der Waals surface area contributed by atoms with Gasteiger partial charge in [0.05, 0.1) is 36.8 Å². The van der Waals surface area contributed by atoms with E-state index < -0.39 is 29.9 Å². The van der Waals surface area contributed by atoms with Gasteiger partial charge in [-0.15, -0.1) is 0 Å². The summed E-state index contributed by atoms with van der Waals surface area (Å²) in [5.74, 6) is -0.837. The van der Waals surface area contributed by atoms with Gasteiger partial charge in [0.15, 0.2) is 11.5 Å². The molecule has 3 aliphatic heterocycles. The summed E-state index contributed by atoms with van der Waals surface area (Å²) < 4.78 is 44.3. The van der Waals surface area contributed by atoms with Crippen LogP contribution in [0.1, 0.15) is 12.8 Å². The number of halogens is 2. The number of hydrogen-bond donors (Lipinski definition) is 2. The molecule has 2 saturated heterocycles. The third-order valence-electron chi connectivity index (χ3n) is 10.4. The average Bonchev–Trinajstić information content (AvgIpc) is 3.94. The van der Waals surface area contributed by atoms with E-state index in [0.29, 0.717) is 74.8 Å². The number of anilines is 1. The third-order valence-corrected chi connectivity index (χ3v) is 10.4. The number of carbonyl (C=O) groups is 2. The molecule has 14 nitrogen and oxygen atoms in total. The normalized spacial score (nSPS) is 22.4. The summed E-state index contributed by atoms with van der Waals surface area (Å²) in [5.41, 5.74) is 3.17. The van der Waals surface area contributed by atoms with Crippen LogP contribution in [0.3, 0.4) is 0 Å². The molecular weight excluding hydrogens is 710 g/mol. The van der Waals surface area contributed by atoms with Crippen molar-refractivity contribution in [3.05, 3.63) is 91.0 Å². The van der Waals surface area contributed by atoms with Gasteiger partial charge in [0, 0.05) is 56.8 Å². The molecule has 282 valence electrons. The Labute approximate surface area is 314 Å². The molecule has 9 rings (SSSR count). The molecular formula is C39H38F2N10O4. The largest absolute Gasteiger partial charge is 0.488 e. The summed E-state index contributed by atoms with van der Waals surface area (Å²) in [4.78, 5) is 40.0. The number of benzene rings is 3. The molecule has 0 spiro atoms.